The van der Waals surface area contributed by atoms with Crippen molar-refractivity contribution in [2.24, 2.45) is 5.92 Å². The van der Waals surface area contributed by atoms with E-state index in [1.54, 1.807) is 0 Å². The van der Waals surface area contributed by atoms with Gasteiger partial charge in [0.05, 0.1) is 0 Å². The fourth-order valence-electron chi connectivity index (χ4n) is 2.74. The van der Waals surface area contributed by atoms with Gasteiger partial charge in [0.2, 0.25) is 0 Å². The summed E-state index contributed by atoms with van der Waals surface area (Å²) in [6.07, 6.45) is 6.71. The number of rotatable bonds is 4. The SMILES string of the molecule is CC(NCc1ccc(Br)cc1F)C1CCCCC1. The molecule has 0 radical (unpaired) electrons. The molecule has 0 aromatic heterocycles. The van der Waals surface area contributed by atoms with E-state index in [2.05, 4.69) is 28.2 Å². The van der Waals surface area contributed by atoms with E-state index in [9.17, 15) is 4.39 Å². The number of hydrogen-bond acceptors (Lipinski definition) is 1. The molecule has 100 valence electrons. The largest absolute Gasteiger partial charge is 0.310 e. The smallest absolute Gasteiger partial charge is 0.128 e. The zero-order valence-corrected chi connectivity index (χ0v) is 12.5. The molecule has 0 amide bonds. The highest BCUT2D eigenvalue weighted by molar-refractivity contribution is 9.10. The molecule has 2 rings (SSSR count). The molecule has 1 aromatic rings. The van der Waals surface area contributed by atoms with Gasteiger partial charge in [-0.3, -0.25) is 0 Å². The van der Waals surface area contributed by atoms with Crippen molar-refractivity contribution < 1.29 is 4.39 Å². The van der Waals surface area contributed by atoms with Crippen molar-refractivity contribution in [1.82, 2.24) is 5.32 Å². The number of halogens is 2. The van der Waals surface area contributed by atoms with E-state index in [4.69, 9.17) is 0 Å². The van der Waals surface area contributed by atoms with Gasteiger partial charge in [-0.1, -0.05) is 41.3 Å². The van der Waals surface area contributed by atoms with Crippen LogP contribution >= 0.6 is 15.9 Å². The second-order valence-corrected chi connectivity index (χ2v) is 6.22. The van der Waals surface area contributed by atoms with Crippen molar-refractivity contribution in [2.45, 2.75) is 51.6 Å². The third kappa shape index (κ3) is 3.79. The lowest BCUT2D eigenvalue weighted by Crippen LogP contribution is -2.34. The molecule has 0 heterocycles. The highest BCUT2D eigenvalue weighted by Gasteiger charge is 2.19. The quantitative estimate of drug-likeness (QED) is 0.853. The van der Waals surface area contributed by atoms with Gasteiger partial charge >= 0.3 is 0 Å². The van der Waals surface area contributed by atoms with Crippen molar-refractivity contribution in [3.63, 3.8) is 0 Å². The van der Waals surface area contributed by atoms with Gasteiger partial charge in [0.1, 0.15) is 5.82 Å². The van der Waals surface area contributed by atoms with Gasteiger partial charge in [0, 0.05) is 22.6 Å². The normalized spacial score (nSPS) is 18.8. The highest BCUT2D eigenvalue weighted by atomic mass is 79.9. The van der Waals surface area contributed by atoms with Crippen molar-refractivity contribution in [2.75, 3.05) is 0 Å². The van der Waals surface area contributed by atoms with Gasteiger partial charge in [-0.2, -0.15) is 0 Å². The molecule has 1 fully saturated rings. The summed E-state index contributed by atoms with van der Waals surface area (Å²) in [4.78, 5) is 0. The molecule has 1 aliphatic carbocycles. The average Bonchev–Trinajstić information content (AvgIpc) is 2.38. The zero-order valence-electron chi connectivity index (χ0n) is 10.9. The molecule has 1 aliphatic rings. The molecule has 1 N–H and O–H groups in total. The maximum absolute atomic E-state index is 13.7. The van der Waals surface area contributed by atoms with Crippen molar-refractivity contribution >= 4 is 15.9 Å². The molecule has 1 nitrogen and oxygen atoms in total. The molecule has 1 unspecified atom stereocenters. The number of nitrogens with one attached hydrogen (secondary N) is 1. The molecular weight excluding hydrogens is 293 g/mol. The van der Waals surface area contributed by atoms with Gasteiger partial charge in [-0.15, -0.1) is 0 Å². The van der Waals surface area contributed by atoms with Crippen LogP contribution in [0.5, 0.6) is 0 Å². The van der Waals surface area contributed by atoms with E-state index in [1.807, 2.05) is 12.1 Å². The van der Waals surface area contributed by atoms with Crippen LogP contribution in [0.4, 0.5) is 4.39 Å². The van der Waals surface area contributed by atoms with Crippen molar-refractivity contribution in [3.8, 4) is 0 Å². The predicted molar refractivity (Wildman–Crippen MR) is 77.0 cm³/mol. The molecule has 1 saturated carbocycles. The molecule has 0 spiro atoms. The van der Waals surface area contributed by atoms with Gasteiger partial charge in [0.25, 0.3) is 0 Å². The van der Waals surface area contributed by atoms with Crippen LogP contribution in [0.25, 0.3) is 0 Å². The van der Waals surface area contributed by atoms with Crippen LogP contribution in [0.2, 0.25) is 0 Å². The average molecular weight is 314 g/mol. The van der Waals surface area contributed by atoms with Crippen LogP contribution in [-0.2, 0) is 6.54 Å². The van der Waals surface area contributed by atoms with Crippen molar-refractivity contribution in [3.05, 3.63) is 34.1 Å². The van der Waals surface area contributed by atoms with Crippen molar-refractivity contribution in [1.29, 1.82) is 0 Å². The molecule has 0 bridgehead atoms. The fourth-order valence-corrected chi connectivity index (χ4v) is 3.07. The summed E-state index contributed by atoms with van der Waals surface area (Å²) in [6.45, 7) is 2.85. The Morgan fingerprint density at radius 2 is 2.06 bits per heavy atom. The summed E-state index contributed by atoms with van der Waals surface area (Å²) >= 11 is 3.28. The van der Waals surface area contributed by atoms with E-state index < -0.39 is 0 Å². The lowest BCUT2D eigenvalue weighted by Gasteiger charge is -2.28. The molecule has 18 heavy (non-hydrogen) atoms. The van der Waals surface area contributed by atoms with Gasteiger partial charge in [-0.05, 0) is 37.8 Å². The van der Waals surface area contributed by atoms with Crippen LogP contribution in [0.1, 0.15) is 44.6 Å². The highest BCUT2D eigenvalue weighted by Crippen LogP contribution is 2.26. The second-order valence-electron chi connectivity index (χ2n) is 5.30. The Balaban J connectivity index is 1.86. The monoisotopic (exact) mass is 313 g/mol. The Labute approximate surface area is 117 Å². The predicted octanol–water partition coefficient (Wildman–Crippen LogP) is 4.65. The number of benzene rings is 1. The summed E-state index contributed by atoms with van der Waals surface area (Å²) in [5, 5.41) is 3.47. The van der Waals surface area contributed by atoms with Crippen LogP contribution < -0.4 is 5.32 Å². The van der Waals surface area contributed by atoms with E-state index >= 15 is 0 Å². The fraction of sp³-hybridized carbons (Fsp3) is 0.600. The first-order valence-electron chi connectivity index (χ1n) is 6.84. The first-order valence-corrected chi connectivity index (χ1v) is 7.63. The van der Waals surface area contributed by atoms with Crippen LogP contribution in [0, 0.1) is 11.7 Å². The first-order chi connectivity index (χ1) is 8.66. The topological polar surface area (TPSA) is 12.0 Å². The summed E-state index contributed by atoms with van der Waals surface area (Å²) < 4.78 is 14.5. The molecular formula is C15H21BrFN. The standard InChI is InChI=1S/C15H21BrFN/c1-11(12-5-3-2-4-6-12)18-10-13-7-8-14(16)9-15(13)17/h7-9,11-12,18H,2-6,10H2,1H3. The van der Waals surface area contributed by atoms with E-state index in [1.165, 1.54) is 38.2 Å². The second kappa shape index (κ2) is 6.67. The molecule has 0 aliphatic heterocycles. The third-order valence-corrected chi connectivity index (χ3v) is 4.48. The first kappa shape index (κ1) is 14.0. The zero-order chi connectivity index (χ0) is 13.0. The molecule has 0 saturated heterocycles. The lowest BCUT2D eigenvalue weighted by molar-refractivity contribution is 0.280. The van der Waals surface area contributed by atoms with Gasteiger partial charge in [-0.25, -0.2) is 4.39 Å². The third-order valence-electron chi connectivity index (χ3n) is 3.99. The van der Waals surface area contributed by atoms with E-state index in [0.29, 0.717) is 12.6 Å². The Hall–Kier alpha value is -0.410. The molecule has 3 heteroatoms. The van der Waals surface area contributed by atoms with Crippen LogP contribution in [-0.4, -0.2) is 6.04 Å². The maximum Gasteiger partial charge on any atom is 0.128 e. The Kier molecular flexibility index (Phi) is 5.19. The van der Waals surface area contributed by atoms with Gasteiger partial charge < -0.3 is 5.32 Å². The molecule has 1 aromatic carbocycles. The summed E-state index contributed by atoms with van der Waals surface area (Å²) in [5.74, 6) is 0.630. The Morgan fingerprint density at radius 1 is 1.33 bits per heavy atom. The van der Waals surface area contributed by atoms with Crippen LogP contribution in [0.15, 0.2) is 22.7 Å². The maximum atomic E-state index is 13.7. The lowest BCUT2D eigenvalue weighted by atomic mass is 9.84. The minimum Gasteiger partial charge on any atom is -0.310 e. The minimum absolute atomic E-state index is 0.132. The summed E-state index contributed by atoms with van der Waals surface area (Å²) in [6, 6.07) is 5.75. The summed E-state index contributed by atoms with van der Waals surface area (Å²) in [7, 11) is 0. The minimum atomic E-state index is -0.132. The summed E-state index contributed by atoms with van der Waals surface area (Å²) in [5.41, 5.74) is 0.751. The van der Waals surface area contributed by atoms with Crippen LogP contribution in [0.3, 0.4) is 0 Å². The molecule has 1 atom stereocenters. The Bertz CT molecular complexity index is 388. The number of hydrogen-bond donors (Lipinski definition) is 1. The van der Waals surface area contributed by atoms with E-state index in [-0.39, 0.29) is 5.82 Å². The van der Waals surface area contributed by atoms with Gasteiger partial charge in [0.15, 0.2) is 0 Å². The van der Waals surface area contributed by atoms with E-state index in [0.717, 1.165) is 16.0 Å². The Morgan fingerprint density at radius 3 is 2.72 bits per heavy atom.